The maximum atomic E-state index is 6.02. The molecule has 1 heterocycles. The Bertz CT molecular complexity index is 788. The Morgan fingerprint density at radius 3 is 2.77 bits per heavy atom. The molecular weight excluding hydrogens is 330 g/mol. The highest BCUT2D eigenvalue weighted by molar-refractivity contribution is 5.92. The summed E-state index contributed by atoms with van der Waals surface area (Å²) < 4.78 is 16.8. The lowest BCUT2D eigenvalue weighted by Gasteiger charge is -2.12. The van der Waals surface area contributed by atoms with Crippen molar-refractivity contribution in [1.82, 2.24) is 0 Å². The SMILES string of the molecule is CCOc1cc2c(cc1CN=C(N)Nc1ccc(OC)cc1)OC(C)C2. The van der Waals surface area contributed by atoms with E-state index in [1.54, 1.807) is 7.11 Å². The first-order chi connectivity index (χ1) is 12.6. The first-order valence-electron chi connectivity index (χ1n) is 8.75. The molecule has 6 heteroatoms. The Labute approximate surface area is 154 Å². The van der Waals surface area contributed by atoms with Crippen molar-refractivity contribution < 1.29 is 14.2 Å². The van der Waals surface area contributed by atoms with Crippen molar-refractivity contribution in [2.45, 2.75) is 32.9 Å². The molecule has 0 spiro atoms. The van der Waals surface area contributed by atoms with Gasteiger partial charge < -0.3 is 25.3 Å². The van der Waals surface area contributed by atoms with E-state index in [4.69, 9.17) is 19.9 Å². The van der Waals surface area contributed by atoms with Crippen LogP contribution < -0.4 is 25.3 Å². The summed E-state index contributed by atoms with van der Waals surface area (Å²) in [7, 11) is 1.63. The van der Waals surface area contributed by atoms with Gasteiger partial charge in [0.2, 0.25) is 0 Å². The highest BCUT2D eigenvalue weighted by atomic mass is 16.5. The lowest BCUT2D eigenvalue weighted by Crippen LogP contribution is -2.22. The fraction of sp³-hybridized carbons (Fsp3) is 0.350. The van der Waals surface area contributed by atoms with Crippen LogP contribution in [0.15, 0.2) is 41.4 Å². The first kappa shape index (κ1) is 17.9. The number of nitrogens with one attached hydrogen (secondary N) is 1. The number of fused-ring (bicyclic) bond motifs is 1. The van der Waals surface area contributed by atoms with Gasteiger partial charge in [-0.25, -0.2) is 4.99 Å². The molecule has 0 saturated carbocycles. The van der Waals surface area contributed by atoms with Crippen LogP contribution in [0, 0.1) is 0 Å². The molecule has 1 aliphatic heterocycles. The van der Waals surface area contributed by atoms with Gasteiger partial charge in [0.05, 0.1) is 20.3 Å². The van der Waals surface area contributed by atoms with Crippen LogP contribution >= 0.6 is 0 Å². The second kappa shape index (κ2) is 7.99. The van der Waals surface area contributed by atoms with E-state index in [0.29, 0.717) is 19.1 Å². The summed E-state index contributed by atoms with van der Waals surface area (Å²) in [6.45, 7) is 5.05. The fourth-order valence-corrected chi connectivity index (χ4v) is 2.93. The van der Waals surface area contributed by atoms with Crippen LogP contribution in [-0.2, 0) is 13.0 Å². The van der Waals surface area contributed by atoms with Crippen LogP contribution in [-0.4, -0.2) is 25.8 Å². The summed E-state index contributed by atoms with van der Waals surface area (Å²) in [5.74, 6) is 2.88. The van der Waals surface area contributed by atoms with Gasteiger partial charge in [0.1, 0.15) is 23.4 Å². The molecule has 0 saturated heterocycles. The van der Waals surface area contributed by atoms with Crippen LogP contribution in [0.4, 0.5) is 5.69 Å². The van der Waals surface area contributed by atoms with Gasteiger partial charge in [-0.05, 0) is 50.2 Å². The molecule has 138 valence electrons. The van der Waals surface area contributed by atoms with Gasteiger partial charge >= 0.3 is 0 Å². The van der Waals surface area contributed by atoms with Crippen molar-refractivity contribution in [1.29, 1.82) is 0 Å². The molecule has 0 aliphatic carbocycles. The van der Waals surface area contributed by atoms with Crippen molar-refractivity contribution in [2.24, 2.45) is 10.7 Å². The number of ether oxygens (including phenoxy) is 3. The molecular formula is C20H25N3O3. The lowest BCUT2D eigenvalue weighted by atomic mass is 10.1. The molecule has 2 aromatic rings. The molecule has 0 bridgehead atoms. The van der Waals surface area contributed by atoms with E-state index in [0.717, 1.165) is 34.9 Å². The molecule has 1 atom stereocenters. The summed E-state index contributed by atoms with van der Waals surface area (Å²) in [4.78, 5) is 4.44. The minimum Gasteiger partial charge on any atom is -0.497 e. The van der Waals surface area contributed by atoms with E-state index in [2.05, 4.69) is 23.3 Å². The Hall–Kier alpha value is -2.89. The van der Waals surface area contributed by atoms with Crippen LogP contribution in [0.1, 0.15) is 25.0 Å². The number of benzene rings is 2. The number of nitrogens with zero attached hydrogens (tertiary/aromatic N) is 1. The van der Waals surface area contributed by atoms with Crippen LogP contribution in [0.5, 0.6) is 17.2 Å². The molecule has 26 heavy (non-hydrogen) atoms. The van der Waals surface area contributed by atoms with Crippen molar-refractivity contribution >= 4 is 11.6 Å². The van der Waals surface area contributed by atoms with E-state index in [1.807, 2.05) is 37.3 Å². The van der Waals surface area contributed by atoms with Gasteiger partial charge in [0.25, 0.3) is 0 Å². The van der Waals surface area contributed by atoms with Gasteiger partial charge in [-0.3, -0.25) is 0 Å². The second-order valence-electron chi connectivity index (χ2n) is 6.19. The largest absolute Gasteiger partial charge is 0.497 e. The van der Waals surface area contributed by atoms with Crippen molar-refractivity contribution in [3.05, 3.63) is 47.5 Å². The van der Waals surface area contributed by atoms with E-state index < -0.39 is 0 Å². The van der Waals surface area contributed by atoms with Gasteiger partial charge in [0.15, 0.2) is 5.96 Å². The third-order valence-electron chi connectivity index (χ3n) is 4.16. The number of guanidine groups is 1. The van der Waals surface area contributed by atoms with Gasteiger partial charge in [-0.1, -0.05) is 0 Å². The summed E-state index contributed by atoms with van der Waals surface area (Å²) in [6.07, 6.45) is 1.10. The molecule has 0 amide bonds. The van der Waals surface area contributed by atoms with E-state index in [1.165, 1.54) is 5.56 Å². The third-order valence-corrected chi connectivity index (χ3v) is 4.16. The van der Waals surface area contributed by atoms with E-state index >= 15 is 0 Å². The summed E-state index contributed by atoms with van der Waals surface area (Å²) in [5.41, 5.74) is 9.01. The topological polar surface area (TPSA) is 78.1 Å². The minimum atomic E-state index is 0.194. The predicted molar refractivity (Wildman–Crippen MR) is 103 cm³/mol. The fourth-order valence-electron chi connectivity index (χ4n) is 2.93. The Kier molecular flexibility index (Phi) is 5.51. The molecule has 2 aromatic carbocycles. The molecule has 0 radical (unpaired) electrons. The first-order valence-corrected chi connectivity index (χ1v) is 8.75. The molecule has 6 nitrogen and oxygen atoms in total. The Balaban J connectivity index is 1.72. The van der Waals surface area contributed by atoms with Gasteiger partial charge in [-0.2, -0.15) is 0 Å². The molecule has 0 fully saturated rings. The molecule has 3 rings (SSSR count). The monoisotopic (exact) mass is 355 g/mol. The molecule has 1 aliphatic rings. The number of hydrogen-bond donors (Lipinski definition) is 2. The zero-order valence-electron chi connectivity index (χ0n) is 15.4. The van der Waals surface area contributed by atoms with Gasteiger partial charge in [-0.15, -0.1) is 0 Å². The number of hydrogen-bond acceptors (Lipinski definition) is 4. The highest BCUT2D eigenvalue weighted by Crippen LogP contribution is 2.35. The number of rotatable bonds is 6. The van der Waals surface area contributed by atoms with Crippen LogP contribution in [0.25, 0.3) is 0 Å². The normalized spacial score (nSPS) is 16.0. The zero-order valence-corrected chi connectivity index (χ0v) is 15.4. The van der Waals surface area contributed by atoms with Gasteiger partial charge in [0, 0.05) is 23.2 Å². The number of nitrogens with two attached hydrogens (primary N) is 1. The van der Waals surface area contributed by atoms with E-state index in [-0.39, 0.29) is 6.10 Å². The number of anilines is 1. The Morgan fingerprint density at radius 1 is 1.31 bits per heavy atom. The maximum Gasteiger partial charge on any atom is 0.193 e. The van der Waals surface area contributed by atoms with Crippen LogP contribution in [0.3, 0.4) is 0 Å². The molecule has 3 N–H and O–H groups in total. The summed E-state index contributed by atoms with van der Waals surface area (Å²) >= 11 is 0. The minimum absolute atomic E-state index is 0.194. The quantitative estimate of drug-likeness (QED) is 0.614. The number of aliphatic imine (C=N–C) groups is 1. The van der Waals surface area contributed by atoms with Crippen molar-refractivity contribution in [3.63, 3.8) is 0 Å². The molecule has 1 unspecified atom stereocenters. The second-order valence-corrected chi connectivity index (χ2v) is 6.19. The zero-order chi connectivity index (χ0) is 18.5. The average molecular weight is 355 g/mol. The smallest absolute Gasteiger partial charge is 0.193 e. The lowest BCUT2D eigenvalue weighted by molar-refractivity contribution is 0.254. The van der Waals surface area contributed by atoms with Crippen LogP contribution in [0.2, 0.25) is 0 Å². The summed E-state index contributed by atoms with van der Waals surface area (Å²) in [5, 5.41) is 3.07. The molecule has 0 aromatic heterocycles. The standard InChI is InChI=1S/C20H25N3O3/c1-4-25-18-10-14-9-13(2)26-19(14)11-15(18)12-22-20(21)23-16-5-7-17(24-3)8-6-16/h5-8,10-11,13H,4,9,12H2,1-3H3,(H3,21,22,23). The predicted octanol–water partition coefficient (Wildman–Crippen LogP) is 3.34. The van der Waals surface area contributed by atoms with E-state index in [9.17, 15) is 0 Å². The average Bonchev–Trinajstić information content (AvgIpc) is 2.99. The third kappa shape index (κ3) is 4.20. The summed E-state index contributed by atoms with van der Waals surface area (Å²) in [6, 6.07) is 11.6. The number of methoxy groups -OCH3 is 1. The maximum absolute atomic E-state index is 6.02. The highest BCUT2D eigenvalue weighted by Gasteiger charge is 2.21. The Morgan fingerprint density at radius 2 is 2.08 bits per heavy atom. The van der Waals surface area contributed by atoms with Crippen molar-refractivity contribution in [3.8, 4) is 17.2 Å². The van der Waals surface area contributed by atoms with Crippen molar-refractivity contribution in [2.75, 3.05) is 19.0 Å².